The number of aromatic nitrogens is 1. The lowest BCUT2D eigenvalue weighted by molar-refractivity contribution is 0.439. The summed E-state index contributed by atoms with van der Waals surface area (Å²) in [7, 11) is 0. The van der Waals surface area contributed by atoms with Gasteiger partial charge in [0.1, 0.15) is 0 Å². The molecule has 1 aliphatic rings. The number of hydrogen-bond donors (Lipinski definition) is 1. The van der Waals surface area contributed by atoms with Gasteiger partial charge in [0.25, 0.3) is 0 Å². The van der Waals surface area contributed by atoms with Crippen molar-refractivity contribution < 1.29 is 0 Å². The van der Waals surface area contributed by atoms with Crippen LogP contribution in [0, 0.1) is 6.92 Å². The monoisotopic (exact) mass is 234 g/mol. The third kappa shape index (κ3) is 1.30. The first-order valence-corrected chi connectivity index (χ1v) is 6.06. The van der Waals surface area contributed by atoms with Crippen molar-refractivity contribution in [3.05, 3.63) is 34.5 Å². The van der Waals surface area contributed by atoms with Crippen LogP contribution in [-0.2, 0) is 6.54 Å². The van der Waals surface area contributed by atoms with Crippen molar-refractivity contribution in [3.63, 3.8) is 0 Å². The number of nitrogens with one attached hydrogen (secondary N) is 1. The van der Waals surface area contributed by atoms with Crippen molar-refractivity contribution in [1.82, 2.24) is 9.88 Å². The van der Waals surface area contributed by atoms with Crippen LogP contribution in [-0.4, -0.2) is 11.1 Å². The maximum atomic E-state index is 6.21. The molecule has 0 bridgehead atoms. The summed E-state index contributed by atoms with van der Waals surface area (Å²) in [6.07, 6.45) is 0. The first-order chi connectivity index (χ1) is 7.68. The molecule has 2 heterocycles. The van der Waals surface area contributed by atoms with E-state index in [0.29, 0.717) is 6.04 Å². The molecule has 1 atom stereocenters. The van der Waals surface area contributed by atoms with Gasteiger partial charge in [-0.2, -0.15) is 0 Å². The summed E-state index contributed by atoms with van der Waals surface area (Å²) in [4.78, 5) is 0. The van der Waals surface area contributed by atoms with Gasteiger partial charge in [-0.05, 0) is 31.5 Å². The Labute approximate surface area is 100 Å². The molecule has 2 nitrogen and oxygen atoms in total. The molecule has 1 aromatic heterocycles. The van der Waals surface area contributed by atoms with Gasteiger partial charge in [0.2, 0.25) is 0 Å². The van der Waals surface area contributed by atoms with E-state index in [2.05, 4.69) is 35.9 Å². The van der Waals surface area contributed by atoms with Crippen molar-refractivity contribution >= 4 is 22.5 Å². The predicted octanol–water partition coefficient (Wildman–Crippen LogP) is 3.27. The molecule has 0 aliphatic carbocycles. The Morgan fingerprint density at radius 2 is 2.25 bits per heavy atom. The minimum atomic E-state index is 0.499. The molecule has 1 aromatic carbocycles. The minimum Gasteiger partial charge on any atom is -0.339 e. The van der Waals surface area contributed by atoms with E-state index in [1.807, 2.05) is 6.07 Å². The lowest BCUT2D eigenvalue weighted by Gasteiger charge is -2.25. The lowest BCUT2D eigenvalue weighted by Crippen LogP contribution is -2.31. The SMILES string of the molecule is Cc1c(Cl)ccc2cc3n(c12)[C@H](C)CNC3. The molecule has 2 aromatic rings. The normalized spacial score (nSPS) is 20.1. The predicted molar refractivity (Wildman–Crippen MR) is 68.1 cm³/mol. The molecule has 0 fully saturated rings. The second-order valence-electron chi connectivity index (χ2n) is 4.60. The van der Waals surface area contributed by atoms with Crippen molar-refractivity contribution in [2.45, 2.75) is 26.4 Å². The molecular formula is C13H15ClN2. The summed E-state index contributed by atoms with van der Waals surface area (Å²) in [6.45, 7) is 6.33. The Bertz CT molecular complexity index is 557. The molecule has 84 valence electrons. The zero-order chi connectivity index (χ0) is 11.3. The van der Waals surface area contributed by atoms with Crippen LogP contribution in [0.25, 0.3) is 10.9 Å². The minimum absolute atomic E-state index is 0.499. The Morgan fingerprint density at radius 3 is 3.06 bits per heavy atom. The standard InChI is InChI=1S/C13H15ClN2/c1-8-6-15-7-11-5-10-3-4-12(14)9(2)13(10)16(8)11/h3-5,8,15H,6-7H2,1-2H3/t8-/m1/s1. The van der Waals surface area contributed by atoms with Crippen LogP contribution in [0.5, 0.6) is 0 Å². The second-order valence-corrected chi connectivity index (χ2v) is 5.00. The number of nitrogens with zero attached hydrogens (tertiary/aromatic N) is 1. The summed E-state index contributed by atoms with van der Waals surface area (Å²) in [5.74, 6) is 0. The van der Waals surface area contributed by atoms with Gasteiger partial charge in [-0.25, -0.2) is 0 Å². The Morgan fingerprint density at radius 1 is 1.44 bits per heavy atom. The quantitative estimate of drug-likeness (QED) is 0.741. The number of fused-ring (bicyclic) bond motifs is 3. The van der Waals surface area contributed by atoms with E-state index in [1.54, 1.807) is 0 Å². The largest absolute Gasteiger partial charge is 0.339 e. The first kappa shape index (κ1) is 10.2. The van der Waals surface area contributed by atoms with Gasteiger partial charge in [-0.15, -0.1) is 0 Å². The van der Waals surface area contributed by atoms with E-state index in [1.165, 1.54) is 22.2 Å². The number of aryl methyl sites for hydroxylation is 1. The van der Waals surface area contributed by atoms with Crippen LogP contribution in [0.4, 0.5) is 0 Å². The van der Waals surface area contributed by atoms with Crippen LogP contribution in [0.15, 0.2) is 18.2 Å². The molecule has 3 rings (SSSR count). The highest BCUT2D eigenvalue weighted by Crippen LogP contribution is 2.32. The fraction of sp³-hybridized carbons (Fsp3) is 0.385. The lowest BCUT2D eigenvalue weighted by atomic mass is 10.1. The van der Waals surface area contributed by atoms with Crippen molar-refractivity contribution in [3.8, 4) is 0 Å². The second kappa shape index (κ2) is 3.51. The fourth-order valence-electron chi connectivity index (χ4n) is 2.67. The Kier molecular flexibility index (Phi) is 2.23. The van der Waals surface area contributed by atoms with Crippen LogP contribution < -0.4 is 5.32 Å². The van der Waals surface area contributed by atoms with Crippen molar-refractivity contribution in [2.24, 2.45) is 0 Å². The van der Waals surface area contributed by atoms with Gasteiger partial charge in [0.05, 0.1) is 5.52 Å². The van der Waals surface area contributed by atoms with E-state index in [0.717, 1.165) is 18.1 Å². The van der Waals surface area contributed by atoms with Gasteiger partial charge in [-0.1, -0.05) is 17.7 Å². The zero-order valence-electron chi connectivity index (χ0n) is 9.55. The molecule has 0 saturated heterocycles. The highest BCUT2D eigenvalue weighted by molar-refractivity contribution is 6.32. The van der Waals surface area contributed by atoms with E-state index in [9.17, 15) is 0 Å². The third-order valence-electron chi connectivity index (χ3n) is 3.46. The molecular weight excluding hydrogens is 220 g/mol. The van der Waals surface area contributed by atoms with Crippen molar-refractivity contribution in [2.75, 3.05) is 6.54 Å². The van der Waals surface area contributed by atoms with Crippen LogP contribution in [0.2, 0.25) is 5.02 Å². The van der Waals surface area contributed by atoms with E-state index in [-0.39, 0.29) is 0 Å². The van der Waals surface area contributed by atoms with Gasteiger partial charge in [0.15, 0.2) is 0 Å². The molecule has 0 spiro atoms. The van der Waals surface area contributed by atoms with Gasteiger partial charge in [0, 0.05) is 35.2 Å². The number of benzene rings is 1. The zero-order valence-corrected chi connectivity index (χ0v) is 10.3. The average molecular weight is 235 g/mol. The molecule has 0 saturated carbocycles. The maximum absolute atomic E-state index is 6.21. The first-order valence-electron chi connectivity index (χ1n) is 5.68. The molecule has 1 N–H and O–H groups in total. The summed E-state index contributed by atoms with van der Waals surface area (Å²) < 4.78 is 2.42. The van der Waals surface area contributed by atoms with E-state index in [4.69, 9.17) is 11.6 Å². The number of rotatable bonds is 0. The number of halogens is 1. The molecule has 0 amide bonds. The molecule has 0 unspecified atom stereocenters. The third-order valence-corrected chi connectivity index (χ3v) is 3.86. The highest BCUT2D eigenvalue weighted by Gasteiger charge is 2.19. The van der Waals surface area contributed by atoms with Crippen molar-refractivity contribution in [1.29, 1.82) is 0 Å². The topological polar surface area (TPSA) is 17.0 Å². The van der Waals surface area contributed by atoms with E-state index < -0.39 is 0 Å². The summed E-state index contributed by atoms with van der Waals surface area (Å²) >= 11 is 6.21. The fourth-order valence-corrected chi connectivity index (χ4v) is 2.82. The molecule has 0 radical (unpaired) electrons. The smallest absolute Gasteiger partial charge is 0.0530 e. The molecule has 1 aliphatic heterocycles. The van der Waals surface area contributed by atoms with Crippen LogP contribution in [0.1, 0.15) is 24.2 Å². The summed E-state index contributed by atoms with van der Waals surface area (Å²) in [5, 5.41) is 5.59. The summed E-state index contributed by atoms with van der Waals surface area (Å²) in [6, 6.07) is 6.87. The van der Waals surface area contributed by atoms with Gasteiger partial charge >= 0.3 is 0 Å². The Hall–Kier alpha value is -0.990. The van der Waals surface area contributed by atoms with Crippen LogP contribution >= 0.6 is 11.6 Å². The number of hydrogen-bond acceptors (Lipinski definition) is 1. The van der Waals surface area contributed by atoms with Crippen LogP contribution in [0.3, 0.4) is 0 Å². The average Bonchev–Trinajstić information content (AvgIpc) is 2.64. The Balaban J connectivity index is 2.40. The highest BCUT2D eigenvalue weighted by atomic mass is 35.5. The van der Waals surface area contributed by atoms with Gasteiger partial charge < -0.3 is 9.88 Å². The maximum Gasteiger partial charge on any atom is 0.0530 e. The van der Waals surface area contributed by atoms with E-state index >= 15 is 0 Å². The summed E-state index contributed by atoms with van der Waals surface area (Å²) in [5.41, 5.74) is 3.86. The molecule has 3 heteroatoms. The molecule has 16 heavy (non-hydrogen) atoms. The van der Waals surface area contributed by atoms with Gasteiger partial charge in [-0.3, -0.25) is 0 Å².